The Morgan fingerprint density at radius 3 is 2.25 bits per heavy atom. The van der Waals surface area contributed by atoms with E-state index in [1.807, 2.05) is 0 Å². The van der Waals surface area contributed by atoms with E-state index in [2.05, 4.69) is 0 Å². The monoisotopic (exact) mass is 134 g/mol. The largest absolute Gasteiger partial charge is 0.748 e. The van der Waals surface area contributed by atoms with Crippen molar-refractivity contribution in [3.63, 3.8) is 0 Å². The highest BCUT2D eigenvalue weighted by Crippen LogP contribution is 1.83. The van der Waals surface area contributed by atoms with E-state index in [1.165, 1.54) is 0 Å². The molecule has 0 saturated carbocycles. The summed E-state index contributed by atoms with van der Waals surface area (Å²) in [7, 11) is -4.16. The van der Waals surface area contributed by atoms with E-state index in [4.69, 9.17) is 5.26 Å². The average Bonchev–Trinajstić information content (AvgIpc) is 1.59. The van der Waals surface area contributed by atoms with Gasteiger partial charge in [-0.15, -0.1) is 0 Å². The summed E-state index contributed by atoms with van der Waals surface area (Å²) in [5, 5.41) is 7.78. The molecule has 8 heavy (non-hydrogen) atoms. The fourth-order valence-electron chi connectivity index (χ4n) is 0.171. The summed E-state index contributed by atoms with van der Waals surface area (Å²) >= 11 is 0. The zero-order chi connectivity index (χ0) is 6.62. The van der Waals surface area contributed by atoms with Crippen LogP contribution in [0.5, 0.6) is 0 Å². The Bertz CT molecular complexity index is 187. The van der Waals surface area contributed by atoms with Crippen molar-refractivity contribution in [3.8, 4) is 6.07 Å². The topological polar surface area (TPSA) is 81.0 Å². The summed E-state index contributed by atoms with van der Waals surface area (Å²) in [6.45, 7) is 0. The normalized spacial score (nSPS) is 10.5. The van der Waals surface area contributed by atoms with Gasteiger partial charge < -0.3 is 4.55 Å². The summed E-state index contributed by atoms with van der Waals surface area (Å²) in [5.41, 5.74) is 0. The molecule has 0 unspecified atom stereocenters. The van der Waals surface area contributed by atoms with Crippen LogP contribution in [0.4, 0.5) is 0 Å². The Hall–Kier alpha value is -0.600. The summed E-state index contributed by atoms with van der Waals surface area (Å²) in [6.07, 6.45) is -0.216. The van der Waals surface area contributed by atoms with Gasteiger partial charge in [-0.3, -0.25) is 0 Å². The molecule has 5 heteroatoms. The van der Waals surface area contributed by atoms with Gasteiger partial charge in [-0.25, -0.2) is 8.42 Å². The summed E-state index contributed by atoms with van der Waals surface area (Å²) in [6, 6.07) is 1.55. The van der Waals surface area contributed by atoms with Gasteiger partial charge in [-0.2, -0.15) is 5.26 Å². The minimum atomic E-state index is -4.16. The minimum absolute atomic E-state index is 0.216. The van der Waals surface area contributed by atoms with Gasteiger partial charge in [0.25, 0.3) is 0 Å². The SMILES string of the molecule is N#CCCS(=O)(=O)[O-]. The molecule has 0 fully saturated rings. The van der Waals surface area contributed by atoms with Crippen molar-refractivity contribution >= 4 is 10.1 Å². The molecule has 0 aromatic heterocycles. The van der Waals surface area contributed by atoms with Gasteiger partial charge in [0.2, 0.25) is 0 Å². The smallest absolute Gasteiger partial charge is 0.0956 e. The predicted octanol–water partition coefficient (Wildman–Crippen LogP) is -0.555. The summed E-state index contributed by atoms with van der Waals surface area (Å²) in [4.78, 5) is 0. The Balaban J connectivity index is 3.63. The first-order chi connectivity index (χ1) is 3.56. The van der Waals surface area contributed by atoms with Crippen LogP contribution in [0.2, 0.25) is 0 Å². The van der Waals surface area contributed by atoms with Crippen LogP contribution < -0.4 is 0 Å². The molecule has 0 aliphatic rings. The molecule has 0 aromatic carbocycles. The van der Waals surface area contributed by atoms with Crippen LogP contribution in [0.15, 0.2) is 0 Å². The molecule has 0 heterocycles. The number of rotatable bonds is 2. The van der Waals surface area contributed by atoms with Gasteiger partial charge in [0.1, 0.15) is 0 Å². The van der Waals surface area contributed by atoms with E-state index >= 15 is 0 Å². The molecule has 0 aromatic rings. The number of nitrogens with zero attached hydrogens (tertiary/aromatic N) is 1. The minimum Gasteiger partial charge on any atom is -0.748 e. The van der Waals surface area contributed by atoms with Gasteiger partial charge in [0.15, 0.2) is 0 Å². The summed E-state index contributed by atoms with van der Waals surface area (Å²) < 4.78 is 29.1. The molecule has 4 nitrogen and oxygen atoms in total. The zero-order valence-electron chi connectivity index (χ0n) is 3.99. The molecular formula is C3H4NO3S-. The second-order valence-corrected chi connectivity index (χ2v) is 2.69. The van der Waals surface area contributed by atoms with Crippen LogP contribution in [0.3, 0.4) is 0 Å². The molecule has 46 valence electrons. The van der Waals surface area contributed by atoms with Gasteiger partial charge in [-0.1, -0.05) is 0 Å². The van der Waals surface area contributed by atoms with Crippen LogP contribution in [-0.2, 0) is 10.1 Å². The first-order valence-corrected chi connectivity index (χ1v) is 3.44. The van der Waals surface area contributed by atoms with E-state index in [9.17, 15) is 13.0 Å². The van der Waals surface area contributed by atoms with E-state index in [0.717, 1.165) is 0 Å². The number of hydrogen-bond acceptors (Lipinski definition) is 4. The lowest BCUT2D eigenvalue weighted by Gasteiger charge is -2.00. The van der Waals surface area contributed by atoms with Gasteiger partial charge in [0, 0.05) is 6.42 Å². The van der Waals surface area contributed by atoms with Crippen molar-refractivity contribution < 1.29 is 13.0 Å². The van der Waals surface area contributed by atoms with Gasteiger partial charge >= 0.3 is 0 Å². The van der Waals surface area contributed by atoms with Crippen LogP contribution in [0.1, 0.15) is 6.42 Å². The Morgan fingerprint density at radius 1 is 1.62 bits per heavy atom. The molecule has 0 aliphatic heterocycles. The van der Waals surface area contributed by atoms with E-state index in [-0.39, 0.29) is 6.42 Å². The lowest BCUT2D eigenvalue weighted by molar-refractivity contribution is 0.463. The molecule has 0 rings (SSSR count). The van der Waals surface area contributed by atoms with Gasteiger partial charge in [-0.05, 0) is 0 Å². The van der Waals surface area contributed by atoms with Crippen LogP contribution in [-0.4, -0.2) is 18.7 Å². The van der Waals surface area contributed by atoms with Crippen LogP contribution >= 0.6 is 0 Å². The Morgan fingerprint density at radius 2 is 2.12 bits per heavy atom. The quantitative estimate of drug-likeness (QED) is 0.474. The second kappa shape index (κ2) is 2.64. The van der Waals surface area contributed by atoms with E-state index in [1.54, 1.807) is 6.07 Å². The zero-order valence-corrected chi connectivity index (χ0v) is 4.81. The fraction of sp³-hybridized carbons (Fsp3) is 0.667. The third kappa shape index (κ3) is 5.40. The standard InChI is InChI=1S/C3H5NO3S/c4-2-1-3-8(5,6)7/h1,3H2,(H,5,6,7)/p-1. The Labute approximate surface area is 47.5 Å². The van der Waals surface area contributed by atoms with Crippen molar-refractivity contribution in [2.24, 2.45) is 0 Å². The van der Waals surface area contributed by atoms with Crippen molar-refractivity contribution in [1.82, 2.24) is 0 Å². The number of nitriles is 1. The first kappa shape index (κ1) is 7.40. The lowest BCUT2D eigenvalue weighted by Crippen LogP contribution is -2.02. The van der Waals surface area contributed by atoms with Gasteiger partial charge in [0.05, 0.1) is 21.9 Å². The second-order valence-electron chi connectivity index (χ2n) is 1.17. The maximum Gasteiger partial charge on any atom is 0.0956 e. The third-order valence-corrected chi connectivity index (χ3v) is 1.17. The molecule has 0 radical (unpaired) electrons. The molecular weight excluding hydrogens is 130 g/mol. The lowest BCUT2D eigenvalue weighted by atomic mass is 10.6. The van der Waals surface area contributed by atoms with Crippen molar-refractivity contribution in [2.45, 2.75) is 6.42 Å². The van der Waals surface area contributed by atoms with E-state index in [0.29, 0.717) is 0 Å². The highest BCUT2D eigenvalue weighted by molar-refractivity contribution is 7.85. The first-order valence-electron chi connectivity index (χ1n) is 1.87. The highest BCUT2D eigenvalue weighted by Gasteiger charge is 1.90. The van der Waals surface area contributed by atoms with Crippen molar-refractivity contribution in [1.29, 1.82) is 5.26 Å². The average molecular weight is 134 g/mol. The maximum atomic E-state index is 9.68. The molecule has 0 aliphatic carbocycles. The van der Waals surface area contributed by atoms with Crippen molar-refractivity contribution in [3.05, 3.63) is 0 Å². The molecule has 0 N–H and O–H groups in total. The molecule has 0 saturated heterocycles. The molecule has 0 bridgehead atoms. The number of hydrogen-bond donors (Lipinski definition) is 0. The van der Waals surface area contributed by atoms with Crippen molar-refractivity contribution in [2.75, 3.05) is 5.75 Å². The highest BCUT2D eigenvalue weighted by atomic mass is 32.2. The van der Waals surface area contributed by atoms with Crippen LogP contribution in [0, 0.1) is 11.3 Å². The predicted molar refractivity (Wildman–Crippen MR) is 24.8 cm³/mol. The Kier molecular flexibility index (Phi) is 2.45. The molecule has 0 atom stereocenters. The van der Waals surface area contributed by atoms with Crippen LogP contribution in [0.25, 0.3) is 0 Å². The third-order valence-electron chi connectivity index (χ3n) is 0.464. The van der Waals surface area contributed by atoms with E-state index < -0.39 is 15.9 Å². The maximum absolute atomic E-state index is 9.68. The molecule has 0 amide bonds. The molecule has 0 spiro atoms. The summed E-state index contributed by atoms with van der Waals surface area (Å²) in [5.74, 6) is -0.580. The fourth-order valence-corrected chi connectivity index (χ4v) is 0.512.